The summed E-state index contributed by atoms with van der Waals surface area (Å²) in [7, 11) is 3.13. The van der Waals surface area contributed by atoms with Crippen LogP contribution in [0.25, 0.3) is 0 Å². The largest absolute Gasteiger partial charge is 0.493 e. The molecule has 0 bridgehead atoms. The van der Waals surface area contributed by atoms with E-state index in [1.807, 2.05) is 0 Å². The Morgan fingerprint density at radius 3 is 2.70 bits per heavy atom. The second kappa shape index (κ2) is 6.56. The third-order valence-corrected chi connectivity index (χ3v) is 3.39. The number of aromatic nitrogens is 1. The zero-order valence-electron chi connectivity index (χ0n) is 11.1. The minimum atomic E-state index is -0.319. The van der Waals surface area contributed by atoms with Crippen LogP contribution >= 0.6 is 15.9 Å². The average Bonchev–Trinajstić information content (AvgIpc) is 2.47. The lowest BCUT2D eigenvalue weighted by molar-refractivity contribution is 0.350. The fourth-order valence-electron chi connectivity index (χ4n) is 1.77. The molecule has 2 rings (SSSR count). The highest BCUT2D eigenvalue weighted by Gasteiger charge is 2.11. The number of rotatable bonds is 5. The number of anilines is 1. The molecule has 0 saturated carbocycles. The van der Waals surface area contributed by atoms with Crippen LogP contribution in [0.2, 0.25) is 0 Å². The van der Waals surface area contributed by atoms with Crippen molar-refractivity contribution in [3.05, 3.63) is 46.4 Å². The summed E-state index contributed by atoms with van der Waals surface area (Å²) in [4.78, 5) is 4.24. The molecule has 0 aliphatic heterocycles. The third-order valence-electron chi connectivity index (χ3n) is 2.75. The van der Waals surface area contributed by atoms with E-state index in [1.54, 1.807) is 38.6 Å². The summed E-state index contributed by atoms with van der Waals surface area (Å²) in [6.07, 6.45) is 1.64. The molecular weight excluding hydrogens is 327 g/mol. The molecular formula is C14H14BrFN2O2. The topological polar surface area (TPSA) is 43.4 Å². The molecule has 0 fully saturated rings. The molecule has 0 aliphatic rings. The van der Waals surface area contributed by atoms with Gasteiger partial charge < -0.3 is 14.8 Å². The number of nitrogens with zero attached hydrogens (tertiary/aromatic N) is 1. The molecule has 4 nitrogen and oxygen atoms in total. The predicted molar refractivity (Wildman–Crippen MR) is 78.8 cm³/mol. The van der Waals surface area contributed by atoms with E-state index in [0.29, 0.717) is 33.9 Å². The summed E-state index contributed by atoms with van der Waals surface area (Å²) in [6, 6.07) is 6.56. The van der Waals surface area contributed by atoms with E-state index in [4.69, 9.17) is 9.47 Å². The molecule has 1 N–H and O–H groups in total. The van der Waals surface area contributed by atoms with E-state index in [0.717, 1.165) is 0 Å². The molecule has 1 heterocycles. The third kappa shape index (κ3) is 3.19. The van der Waals surface area contributed by atoms with Gasteiger partial charge in [-0.2, -0.15) is 0 Å². The van der Waals surface area contributed by atoms with Crippen molar-refractivity contribution in [3.8, 4) is 11.5 Å². The first-order valence-corrected chi connectivity index (χ1v) is 6.69. The molecule has 20 heavy (non-hydrogen) atoms. The molecule has 0 radical (unpaired) electrons. The number of hydrogen-bond donors (Lipinski definition) is 1. The van der Waals surface area contributed by atoms with Crippen LogP contribution in [0.5, 0.6) is 11.5 Å². The number of ether oxygens (including phenoxy) is 2. The van der Waals surface area contributed by atoms with Gasteiger partial charge in [0.1, 0.15) is 11.5 Å². The fraction of sp³-hybridized carbons (Fsp3) is 0.214. The molecule has 0 saturated heterocycles. The number of hydrogen-bond acceptors (Lipinski definition) is 4. The number of methoxy groups -OCH3 is 2. The van der Waals surface area contributed by atoms with Crippen LogP contribution in [0.1, 0.15) is 5.69 Å². The van der Waals surface area contributed by atoms with E-state index in [-0.39, 0.29) is 5.82 Å². The van der Waals surface area contributed by atoms with Gasteiger partial charge in [0, 0.05) is 18.0 Å². The first-order chi connectivity index (χ1) is 9.65. The monoisotopic (exact) mass is 340 g/mol. The average molecular weight is 341 g/mol. The molecule has 2 aromatic rings. The van der Waals surface area contributed by atoms with Crippen LogP contribution < -0.4 is 14.8 Å². The smallest absolute Gasteiger partial charge is 0.184 e. The van der Waals surface area contributed by atoms with Crippen molar-refractivity contribution in [3.63, 3.8) is 0 Å². The molecule has 0 amide bonds. The van der Waals surface area contributed by atoms with Gasteiger partial charge in [-0.3, -0.25) is 4.98 Å². The van der Waals surface area contributed by atoms with Crippen molar-refractivity contribution in [1.29, 1.82) is 0 Å². The molecule has 0 spiro atoms. The summed E-state index contributed by atoms with van der Waals surface area (Å²) in [5, 5.41) is 3.10. The molecule has 1 aromatic heterocycles. The second-order valence-electron chi connectivity index (χ2n) is 3.98. The molecule has 6 heteroatoms. The number of benzene rings is 1. The Balaban J connectivity index is 2.16. The first kappa shape index (κ1) is 14.6. The zero-order chi connectivity index (χ0) is 14.5. The second-order valence-corrected chi connectivity index (χ2v) is 4.83. The number of nitrogens with one attached hydrogen (secondary N) is 1. The maximum absolute atomic E-state index is 13.4. The van der Waals surface area contributed by atoms with Crippen molar-refractivity contribution in [2.45, 2.75) is 6.54 Å². The normalized spacial score (nSPS) is 10.2. The van der Waals surface area contributed by atoms with E-state index in [2.05, 4.69) is 26.2 Å². The van der Waals surface area contributed by atoms with Crippen LogP contribution in [-0.2, 0) is 6.54 Å². The summed E-state index contributed by atoms with van der Waals surface area (Å²) in [5.41, 5.74) is 1.35. The maximum atomic E-state index is 13.4. The SMILES string of the molecule is COc1ccnc(CNc2ccc(Br)c(F)c2)c1OC. The van der Waals surface area contributed by atoms with Gasteiger partial charge in [0.15, 0.2) is 11.5 Å². The van der Waals surface area contributed by atoms with Crippen molar-refractivity contribution >= 4 is 21.6 Å². The van der Waals surface area contributed by atoms with Gasteiger partial charge in [-0.25, -0.2) is 4.39 Å². The highest BCUT2D eigenvalue weighted by atomic mass is 79.9. The Kier molecular flexibility index (Phi) is 4.79. The number of pyridine rings is 1. The molecule has 1 aromatic carbocycles. The van der Waals surface area contributed by atoms with Gasteiger partial charge in [-0.15, -0.1) is 0 Å². The highest BCUT2D eigenvalue weighted by molar-refractivity contribution is 9.10. The Labute approximate surface area is 125 Å². The van der Waals surface area contributed by atoms with Crippen LogP contribution in [0, 0.1) is 5.82 Å². The van der Waals surface area contributed by atoms with E-state index >= 15 is 0 Å². The van der Waals surface area contributed by atoms with Crippen LogP contribution in [0.4, 0.5) is 10.1 Å². The zero-order valence-corrected chi connectivity index (χ0v) is 12.7. The first-order valence-electron chi connectivity index (χ1n) is 5.90. The van der Waals surface area contributed by atoms with Crippen LogP contribution in [0.15, 0.2) is 34.9 Å². The molecule has 0 aliphatic carbocycles. The van der Waals surface area contributed by atoms with Gasteiger partial charge in [0.25, 0.3) is 0 Å². The fourth-order valence-corrected chi connectivity index (χ4v) is 2.02. The minimum Gasteiger partial charge on any atom is -0.493 e. The van der Waals surface area contributed by atoms with Crippen molar-refractivity contribution in [2.75, 3.05) is 19.5 Å². The maximum Gasteiger partial charge on any atom is 0.184 e. The van der Waals surface area contributed by atoms with Gasteiger partial charge in [-0.1, -0.05) is 0 Å². The van der Waals surface area contributed by atoms with E-state index in [9.17, 15) is 4.39 Å². The summed E-state index contributed by atoms with van der Waals surface area (Å²) in [6.45, 7) is 0.404. The summed E-state index contributed by atoms with van der Waals surface area (Å²) >= 11 is 3.12. The molecule has 106 valence electrons. The Bertz CT molecular complexity index is 608. The van der Waals surface area contributed by atoms with Crippen LogP contribution in [-0.4, -0.2) is 19.2 Å². The lowest BCUT2D eigenvalue weighted by Gasteiger charge is -2.12. The van der Waals surface area contributed by atoms with Crippen molar-refractivity contribution < 1.29 is 13.9 Å². The van der Waals surface area contributed by atoms with Gasteiger partial charge in [0.2, 0.25) is 0 Å². The van der Waals surface area contributed by atoms with E-state index < -0.39 is 0 Å². The van der Waals surface area contributed by atoms with Crippen LogP contribution in [0.3, 0.4) is 0 Å². The minimum absolute atomic E-state index is 0.319. The van der Waals surface area contributed by atoms with Gasteiger partial charge in [0.05, 0.1) is 25.2 Å². The van der Waals surface area contributed by atoms with Crippen molar-refractivity contribution in [1.82, 2.24) is 4.98 Å². The molecule has 0 atom stereocenters. The Hall–Kier alpha value is -1.82. The van der Waals surface area contributed by atoms with Crippen molar-refractivity contribution in [2.24, 2.45) is 0 Å². The standard InChI is InChI=1S/C14H14BrFN2O2/c1-19-13-5-6-17-12(14(13)20-2)8-18-9-3-4-10(15)11(16)7-9/h3-7,18H,8H2,1-2H3. The Morgan fingerprint density at radius 1 is 1.25 bits per heavy atom. The summed E-state index contributed by atoms with van der Waals surface area (Å²) < 4.78 is 24.3. The van der Waals surface area contributed by atoms with Gasteiger partial charge >= 0.3 is 0 Å². The van der Waals surface area contributed by atoms with E-state index in [1.165, 1.54) is 6.07 Å². The predicted octanol–water partition coefficient (Wildman–Crippen LogP) is 3.61. The molecule has 0 unspecified atom stereocenters. The highest BCUT2D eigenvalue weighted by Crippen LogP contribution is 2.29. The summed E-state index contributed by atoms with van der Waals surface area (Å²) in [5.74, 6) is 0.863. The Morgan fingerprint density at radius 2 is 2.05 bits per heavy atom. The lowest BCUT2D eigenvalue weighted by Crippen LogP contribution is -2.05. The van der Waals surface area contributed by atoms with Gasteiger partial charge in [-0.05, 0) is 34.1 Å². The quantitative estimate of drug-likeness (QED) is 0.902. The lowest BCUT2D eigenvalue weighted by atomic mass is 10.2. The number of halogens is 2.